The minimum atomic E-state index is 0.663. The first kappa shape index (κ1) is 12.7. The van der Waals surface area contributed by atoms with Crippen molar-refractivity contribution in [2.75, 3.05) is 13.2 Å². The van der Waals surface area contributed by atoms with Gasteiger partial charge in [0.1, 0.15) is 0 Å². The van der Waals surface area contributed by atoms with Crippen molar-refractivity contribution < 1.29 is 4.74 Å². The van der Waals surface area contributed by atoms with E-state index in [1.54, 1.807) is 0 Å². The van der Waals surface area contributed by atoms with Gasteiger partial charge in [-0.25, -0.2) is 0 Å². The lowest BCUT2D eigenvalue weighted by Gasteiger charge is -2.04. The summed E-state index contributed by atoms with van der Waals surface area (Å²) in [6, 6.07) is 0. The zero-order valence-electron chi connectivity index (χ0n) is 9.55. The van der Waals surface area contributed by atoms with Crippen LogP contribution in [0, 0.1) is 11.8 Å². The summed E-state index contributed by atoms with van der Waals surface area (Å²) in [6.07, 6.45) is 6.66. The van der Waals surface area contributed by atoms with E-state index in [0.717, 1.165) is 25.6 Å². The molecule has 1 nitrogen and oxygen atoms in total. The molecular weight excluding hydrogens is 160 g/mol. The molecule has 0 aliphatic rings. The highest BCUT2D eigenvalue weighted by molar-refractivity contribution is 4.83. The predicted octanol–water partition coefficient (Wildman–Crippen LogP) is 3.65. The standard InChI is InChI=1S/C12H24O/c1-11(2)7-5-6-9-13-10-8-12(3)4/h5,7,11-12H,6,8-10H2,1-4H3/b7-5+. The largest absolute Gasteiger partial charge is 0.381 e. The Bertz CT molecular complexity index is 125. The number of ether oxygens (including phenoxy) is 1. The van der Waals surface area contributed by atoms with Gasteiger partial charge in [0.05, 0.1) is 6.61 Å². The summed E-state index contributed by atoms with van der Waals surface area (Å²) in [4.78, 5) is 0. The highest BCUT2D eigenvalue weighted by atomic mass is 16.5. The van der Waals surface area contributed by atoms with Crippen molar-refractivity contribution in [2.45, 2.75) is 40.5 Å². The average molecular weight is 184 g/mol. The molecular formula is C12H24O. The van der Waals surface area contributed by atoms with Gasteiger partial charge in [0.25, 0.3) is 0 Å². The van der Waals surface area contributed by atoms with Crippen LogP contribution in [0.25, 0.3) is 0 Å². The highest BCUT2D eigenvalue weighted by Crippen LogP contribution is 2.00. The summed E-state index contributed by atoms with van der Waals surface area (Å²) in [7, 11) is 0. The maximum absolute atomic E-state index is 5.48. The molecule has 0 aliphatic carbocycles. The normalized spacial score (nSPS) is 12.2. The number of hydrogen-bond acceptors (Lipinski definition) is 1. The van der Waals surface area contributed by atoms with Crippen molar-refractivity contribution in [2.24, 2.45) is 11.8 Å². The molecule has 0 N–H and O–H groups in total. The SMILES string of the molecule is CC(C)/C=C/CCOCCC(C)C. The van der Waals surface area contributed by atoms with E-state index in [1.165, 1.54) is 6.42 Å². The minimum Gasteiger partial charge on any atom is -0.381 e. The summed E-state index contributed by atoms with van der Waals surface area (Å²) >= 11 is 0. The summed E-state index contributed by atoms with van der Waals surface area (Å²) in [5.41, 5.74) is 0. The minimum absolute atomic E-state index is 0.663. The van der Waals surface area contributed by atoms with E-state index in [1.807, 2.05) is 0 Å². The molecule has 0 unspecified atom stereocenters. The second-order valence-electron chi connectivity index (χ2n) is 4.26. The maximum Gasteiger partial charge on any atom is 0.0500 e. The van der Waals surface area contributed by atoms with Gasteiger partial charge in [-0.05, 0) is 24.7 Å². The maximum atomic E-state index is 5.48. The van der Waals surface area contributed by atoms with Gasteiger partial charge in [0.15, 0.2) is 0 Å². The lowest BCUT2D eigenvalue weighted by atomic mass is 10.1. The molecule has 13 heavy (non-hydrogen) atoms. The van der Waals surface area contributed by atoms with Gasteiger partial charge in [-0.15, -0.1) is 0 Å². The van der Waals surface area contributed by atoms with Crippen LogP contribution in [-0.2, 0) is 4.74 Å². The van der Waals surface area contributed by atoms with Crippen LogP contribution in [0.1, 0.15) is 40.5 Å². The number of allylic oxidation sites excluding steroid dienone is 1. The fourth-order valence-corrected chi connectivity index (χ4v) is 0.941. The van der Waals surface area contributed by atoms with E-state index < -0.39 is 0 Å². The number of hydrogen-bond donors (Lipinski definition) is 0. The molecule has 0 aliphatic heterocycles. The van der Waals surface area contributed by atoms with Gasteiger partial charge in [0, 0.05) is 6.61 Å². The third kappa shape index (κ3) is 11.7. The smallest absolute Gasteiger partial charge is 0.0500 e. The van der Waals surface area contributed by atoms with E-state index in [9.17, 15) is 0 Å². The fourth-order valence-electron chi connectivity index (χ4n) is 0.941. The van der Waals surface area contributed by atoms with E-state index in [2.05, 4.69) is 39.8 Å². The van der Waals surface area contributed by atoms with E-state index in [-0.39, 0.29) is 0 Å². The first-order chi connectivity index (χ1) is 6.13. The lowest BCUT2D eigenvalue weighted by Crippen LogP contribution is -1.99. The Morgan fingerprint density at radius 3 is 2.31 bits per heavy atom. The Hall–Kier alpha value is -0.300. The Morgan fingerprint density at radius 1 is 1.08 bits per heavy atom. The Balaban J connectivity index is 3.08. The van der Waals surface area contributed by atoms with Crippen LogP contribution in [0.3, 0.4) is 0 Å². The summed E-state index contributed by atoms with van der Waals surface area (Å²) in [6.45, 7) is 10.6. The third-order valence-electron chi connectivity index (χ3n) is 1.79. The summed E-state index contributed by atoms with van der Waals surface area (Å²) < 4.78 is 5.48. The lowest BCUT2D eigenvalue weighted by molar-refractivity contribution is 0.128. The Kier molecular flexibility index (Phi) is 8.11. The van der Waals surface area contributed by atoms with Crippen LogP contribution in [0.5, 0.6) is 0 Å². The molecule has 0 heterocycles. The van der Waals surface area contributed by atoms with Gasteiger partial charge >= 0.3 is 0 Å². The second-order valence-corrected chi connectivity index (χ2v) is 4.26. The zero-order valence-corrected chi connectivity index (χ0v) is 9.55. The highest BCUT2D eigenvalue weighted by Gasteiger charge is 1.92. The van der Waals surface area contributed by atoms with Crippen LogP contribution in [0.4, 0.5) is 0 Å². The molecule has 0 saturated heterocycles. The molecule has 0 aromatic rings. The van der Waals surface area contributed by atoms with Crippen molar-refractivity contribution in [3.05, 3.63) is 12.2 Å². The van der Waals surface area contributed by atoms with Crippen molar-refractivity contribution in [1.29, 1.82) is 0 Å². The van der Waals surface area contributed by atoms with Crippen molar-refractivity contribution >= 4 is 0 Å². The average Bonchev–Trinajstić information content (AvgIpc) is 2.01. The molecule has 0 aromatic heterocycles. The Morgan fingerprint density at radius 2 is 1.77 bits per heavy atom. The van der Waals surface area contributed by atoms with Gasteiger partial charge in [-0.3, -0.25) is 0 Å². The molecule has 0 radical (unpaired) electrons. The van der Waals surface area contributed by atoms with E-state index in [4.69, 9.17) is 4.74 Å². The van der Waals surface area contributed by atoms with Crippen LogP contribution in [0.2, 0.25) is 0 Å². The molecule has 0 atom stereocenters. The molecule has 0 rings (SSSR count). The summed E-state index contributed by atoms with van der Waals surface area (Å²) in [5, 5.41) is 0. The van der Waals surface area contributed by atoms with Crippen LogP contribution in [-0.4, -0.2) is 13.2 Å². The van der Waals surface area contributed by atoms with Gasteiger partial charge in [-0.2, -0.15) is 0 Å². The Labute approximate surface area is 83.2 Å². The first-order valence-corrected chi connectivity index (χ1v) is 5.37. The molecule has 0 spiro atoms. The third-order valence-corrected chi connectivity index (χ3v) is 1.79. The quantitative estimate of drug-likeness (QED) is 0.433. The van der Waals surface area contributed by atoms with Gasteiger partial charge in [-0.1, -0.05) is 39.8 Å². The molecule has 0 saturated carbocycles. The van der Waals surface area contributed by atoms with Gasteiger partial charge in [0.2, 0.25) is 0 Å². The topological polar surface area (TPSA) is 9.23 Å². The fraction of sp³-hybridized carbons (Fsp3) is 0.833. The predicted molar refractivity (Wildman–Crippen MR) is 58.9 cm³/mol. The molecule has 0 fully saturated rings. The van der Waals surface area contributed by atoms with E-state index >= 15 is 0 Å². The molecule has 78 valence electrons. The van der Waals surface area contributed by atoms with Crippen LogP contribution >= 0.6 is 0 Å². The second kappa shape index (κ2) is 8.31. The van der Waals surface area contributed by atoms with Crippen molar-refractivity contribution in [3.63, 3.8) is 0 Å². The number of rotatable bonds is 7. The molecule has 0 bridgehead atoms. The van der Waals surface area contributed by atoms with Crippen molar-refractivity contribution in [3.8, 4) is 0 Å². The molecule has 0 amide bonds. The van der Waals surface area contributed by atoms with Crippen molar-refractivity contribution in [1.82, 2.24) is 0 Å². The zero-order chi connectivity index (χ0) is 10.1. The van der Waals surface area contributed by atoms with E-state index in [0.29, 0.717) is 5.92 Å². The van der Waals surface area contributed by atoms with Crippen LogP contribution in [0.15, 0.2) is 12.2 Å². The van der Waals surface area contributed by atoms with Crippen LogP contribution < -0.4 is 0 Å². The summed E-state index contributed by atoms with van der Waals surface area (Å²) in [5.74, 6) is 1.42. The molecule has 1 heteroatoms. The molecule has 0 aromatic carbocycles. The first-order valence-electron chi connectivity index (χ1n) is 5.37. The monoisotopic (exact) mass is 184 g/mol. The van der Waals surface area contributed by atoms with Gasteiger partial charge < -0.3 is 4.74 Å².